The fourth-order valence-corrected chi connectivity index (χ4v) is 2.81. The Hall–Kier alpha value is -1.87. The average Bonchev–Trinajstić information content (AvgIpc) is 2.53. The molecule has 1 aliphatic rings. The zero-order valence-corrected chi connectivity index (χ0v) is 11.8. The van der Waals surface area contributed by atoms with Crippen molar-refractivity contribution in [2.24, 2.45) is 0 Å². The Morgan fingerprint density at radius 2 is 2.10 bits per heavy atom. The number of benzene rings is 1. The summed E-state index contributed by atoms with van der Waals surface area (Å²) in [5, 5.41) is 3.42. The minimum atomic E-state index is 0.269. The summed E-state index contributed by atoms with van der Waals surface area (Å²) in [4.78, 5) is 4.08. The molecule has 1 atom stereocenters. The Balaban J connectivity index is 1.90. The van der Waals surface area contributed by atoms with E-state index in [9.17, 15) is 0 Å². The lowest BCUT2D eigenvalue weighted by Gasteiger charge is -2.25. The van der Waals surface area contributed by atoms with Crippen LogP contribution in [0.3, 0.4) is 0 Å². The van der Waals surface area contributed by atoms with Crippen LogP contribution in [-0.4, -0.2) is 18.6 Å². The topological polar surface area (TPSA) is 34.2 Å². The maximum atomic E-state index is 5.92. The first-order valence-corrected chi connectivity index (χ1v) is 7.19. The lowest BCUT2D eigenvalue weighted by molar-refractivity contribution is 0.282. The van der Waals surface area contributed by atoms with Crippen LogP contribution in [0.5, 0.6) is 5.75 Å². The van der Waals surface area contributed by atoms with Crippen molar-refractivity contribution < 1.29 is 4.74 Å². The van der Waals surface area contributed by atoms with Crippen LogP contribution >= 0.6 is 0 Å². The molecule has 2 heterocycles. The van der Waals surface area contributed by atoms with Crippen molar-refractivity contribution in [2.75, 3.05) is 13.7 Å². The Morgan fingerprint density at radius 1 is 1.25 bits per heavy atom. The molecule has 104 valence electrons. The van der Waals surface area contributed by atoms with Gasteiger partial charge in [0, 0.05) is 24.0 Å². The molecule has 0 fully saturated rings. The van der Waals surface area contributed by atoms with Gasteiger partial charge in [0.25, 0.3) is 0 Å². The molecule has 3 nitrogen and oxygen atoms in total. The molecular formula is C17H20N2O. The van der Waals surface area contributed by atoms with E-state index in [-0.39, 0.29) is 6.04 Å². The summed E-state index contributed by atoms with van der Waals surface area (Å²) < 4.78 is 5.92. The van der Waals surface area contributed by atoms with E-state index in [1.54, 1.807) is 0 Å². The molecule has 1 N–H and O–H groups in total. The first-order valence-electron chi connectivity index (χ1n) is 7.19. The molecule has 1 unspecified atom stereocenters. The van der Waals surface area contributed by atoms with Crippen molar-refractivity contribution in [3.63, 3.8) is 0 Å². The van der Waals surface area contributed by atoms with Crippen LogP contribution in [0.4, 0.5) is 0 Å². The van der Waals surface area contributed by atoms with Gasteiger partial charge in [-0.25, -0.2) is 0 Å². The highest BCUT2D eigenvalue weighted by molar-refractivity contribution is 5.45. The minimum Gasteiger partial charge on any atom is -0.493 e. The number of nitrogens with one attached hydrogen (secondary N) is 1. The van der Waals surface area contributed by atoms with Crippen molar-refractivity contribution in [1.82, 2.24) is 10.3 Å². The van der Waals surface area contributed by atoms with E-state index in [1.807, 2.05) is 19.4 Å². The van der Waals surface area contributed by atoms with Crippen LogP contribution in [0.1, 0.15) is 29.2 Å². The molecule has 2 aromatic rings. The average molecular weight is 268 g/mol. The molecule has 1 aromatic carbocycles. The minimum absolute atomic E-state index is 0.269. The number of aryl methyl sites for hydroxylation is 1. The smallest absolute Gasteiger partial charge is 0.127 e. The van der Waals surface area contributed by atoms with Crippen LogP contribution in [0.15, 0.2) is 42.7 Å². The zero-order chi connectivity index (χ0) is 13.8. The summed E-state index contributed by atoms with van der Waals surface area (Å²) in [6.45, 7) is 0.829. The molecule has 0 bridgehead atoms. The van der Waals surface area contributed by atoms with Crippen LogP contribution in [0.2, 0.25) is 0 Å². The molecule has 0 radical (unpaired) electrons. The van der Waals surface area contributed by atoms with Gasteiger partial charge in [-0.05, 0) is 49.6 Å². The number of ether oxygens (including phenoxy) is 1. The summed E-state index contributed by atoms with van der Waals surface area (Å²) in [7, 11) is 2.01. The van der Waals surface area contributed by atoms with Gasteiger partial charge < -0.3 is 10.1 Å². The number of hydrogen-bond donors (Lipinski definition) is 1. The number of para-hydroxylation sites is 1. The van der Waals surface area contributed by atoms with Gasteiger partial charge in [-0.15, -0.1) is 0 Å². The maximum Gasteiger partial charge on any atom is 0.127 e. The number of fused-ring (bicyclic) bond motifs is 1. The van der Waals surface area contributed by atoms with E-state index in [2.05, 4.69) is 40.6 Å². The van der Waals surface area contributed by atoms with Crippen LogP contribution in [-0.2, 0) is 12.8 Å². The zero-order valence-electron chi connectivity index (χ0n) is 11.8. The molecule has 3 heteroatoms. The number of aromatic nitrogens is 1. The van der Waals surface area contributed by atoms with Crippen molar-refractivity contribution in [1.29, 1.82) is 0 Å². The molecule has 0 amide bonds. The second-order valence-corrected chi connectivity index (χ2v) is 5.19. The Kier molecular flexibility index (Phi) is 3.97. The van der Waals surface area contributed by atoms with E-state index in [0.717, 1.165) is 31.6 Å². The highest BCUT2D eigenvalue weighted by atomic mass is 16.5. The summed E-state index contributed by atoms with van der Waals surface area (Å²) in [5.41, 5.74) is 3.89. The van der Waals surface area contributed by atoms with Crippen LogP contribution in [0.25, 0.3) is 0 Å². The van der Waals surface area contributed by atoms with E-state index >= 15 is 0 Å². The fraction of sp³-hybridized carbons (Fsp3) is 0.353. The molecule has 0 saturated heterocycles. The van der Waals surface area contributed by atoms with Crippen molar-refractivity contribution in [2.45, 2.75) is 25.3 Å². The number of hydrogen-bond acceptors (Lipinski definition) is 3. The number of likely N-dealkylation sites (N-methyl/N-ethyl adjacent to an activating group) is 1. The largest absolute Gasteiger partial charge is 0.493 e. The first kappa shape index (κ1) is 13.1. The molecule has 0 saturated carbocycles. The van der Waals surface area contributed by atoms with Crippen molar-refractivity contribution in [3.05, 3.63) is 59.4 Å². The predicted octanol–water partition coefficient (Wildman–Crippen LogP) is 2.91. The Labute approximate surface area is 120 Å². The third kappa shape index (κ3) is 2.68. The predicted molar refractivity (Wildman–Crippen MR) is 80.0 cm³/mol. The van der Waals surface area contributed by atoms with Gasteiger partial charge in [-0.1, -0.05) is 18.2 Å². The lowest BCUT2D eigenvalue weighted by atomic mass is 9.94. The molecule has 3 rings (SSSR count). The van der Waals surface area contributed by atoms with Gasteiger partial charge in [0.1, 0.15) is 5.75 Å². The highest BCUT2D eigenvalue weighted by Gasteiger charge is 2.20. The Bertz CT molecular complexity index is 568. The van der Waals surface area contributed by atoms with Crippen LogP contribution in [0, 0.1) is 0 Å². The summed E-state index contributed by atoms with van der Waals surface area (Å²) >= 11 is 0. The monoisotopic (exact) mass is 268 g/mol. The van der Waals surface area contributed by atoms with Gasteiger partial charge >= 0.3 is 0 Å². The highest BCUT2D eigenvalue weighted by Crippen LogP contribution is 2.34. The summed E-state index contributed by atoms with van der Waals surface area (Å²) in [5.74, 6) is 1.09. The molecule has 20 heavy (non-hydrogen) atoms. The number of rotatable bonds is 4. The lowest BCUT2D eigenvalue weighted by Crippen LogP contribution is -2.21. The molecule has 0 aliphatic carbocycles. The Morgan fingerprint density at radius 3 is 2.90 bits per heavy atom. The second kappa shape index (κ2) is 6.06. The van der Waals surface area contributed by atoms with E-state index < -0.39 is 0 Å². The van der Waals surface area contributed by atoms with E-state index in [0.29, 0.717) is 0 Å². The number of pyridine rings is 1. The number of nitrogens with zero attached hydrogens (tertiary/aromatic N) is 1. The van der Waals surface area contributed by atoms with Crippen molar-refractivity contribution in [3.8, 4) is 5.75 Å². The standard InChI is InChI=1S/C17H20N2O/c1-18-16(12-13-7-9-19-10-8-13)15-6-2-4-14-5-3-11-20-17(14)15/h2,4,6-10,16,18H,3,5,11-12H2,1H3. The normalized spacial score (nSPS) is 15.2. The first-order chi connectivity index (χ1) is 9.88. The quantitative estimate of drug-likeness (QED) is 0.925. The molecular weight excluding hydrogens is 248 g/mol. The van der Waals surface area contributed by atoms with E-state index in [1.165, 1.54) is 16.7 Å². The third-order valence-electron chi connectivity index (χ3n) is 3.88. The second-order valence-electron chi connectivity index (χ2n) is 5.19. The van der Waals surface area contributed by atoms with Gasteiger partial charge in [-0.3, -0.25) is 4.98 Å². The summed E-state index contributed by atoms with van der Waals surface area (Å²) in [6, 6.07) is 10.9. The molecule has 1 aromatic heterocycles. The van der Waals surface area contributed by atoms with E-state index in [4.69, 9.17) is 4.74 Å². The maximum absolute atomic E-state index is 5.92. The fourth-order valence-electron chi connectivity index (χ4n) is 2.81. The van der Waals surface area contributed by atoms with Gasteiger partial charge in [0.05, 0.1) is 6.61 Å². The van der Waals surface area contributed by atoms with Gasteiger partial charge in [0.15, 0.2) is 0 Å². The SMILES string of the molecule is CNC(Cc1ccncc1)c1cccc2c1OCCC2. The van der Waals surface area contributed by atoms with Gasteiger partial charge in [-0.2, -0.15) is 0 Å². The third-order valence-corrected chi connectivity index (χ3v) is 3.88. The van der Waals surface area contributed by atoms with Gasteiger partial charge in [0.2, 0.25) is 0 Å². The summed E-state index contributed by atoms with van der Waals surface area (Å²) in [6.07, 6.45) is 6.87. The molecule has 0 spiro atoms. The van der Waals surface area contributed by atoms with Crippen LogP contribution < -0.4 is 10.1 Å². The van der Waals surface area contributed by atoms with Crippen molar-refractivity contribution >= 4 is 0 Å². The molecule has 1 aliphatic heterocycles.